The van der Waals surface area contributed by atoms with Gasteiger partial charge < -0.3 is 33.6 Å². The highest BCUT2D eigenvalue weighted by molar-refractivity contribution is 5.71. The fraction of sp³-hybridized carbons (Fsp3) is 0.932. The molecule has 0 aliphatic carbocycles. The molecule has 0 spiro atoms. The summed E-state index contributed by atoms with van der Waals surface area (Å²) >= 11 is 0. The van der Waals surface area contributed by atoms with Crippen LogP contribution < -0.4 is 0 Å². The molecule has 11 heteroatoms. The molecule has 0 heterocycles. The SMILES string of the molecule is CCCCCCCCCCOC(=O)CCN(CCCN(C)CCCN(CCC(=O)OCCCCCCCCCC)CCC(=O)OCCCCCCCCCC)CCC(=O)OCCCCCCCCCC. The summed E-state index contributed by atoms with van der Waals surface area (Å²) in [5.41, 5.74) is 0. The number of carbonyl (C=O) groups is 4. The Hall–Kier alpha value is -2.24. The Balaban J connectivity index is 5.01. The lowest BCUT2D eigenvalue weighted by Crippen LogP contribution is -2.34. The number of ether oxygens (including phenoxy) is 4. The third-order valence-electron chi connectivity index (χ3n) is 13.6. The summed E-state index contributed by atoms with van der Waals surface area (Å²) in [6.07, 6.45) is 41.6. The largest absolute Gasteiger partial charge is 0.466 e. The van der Waals surface area contributed by atoms with Crippen molar-refractivity contribution >= 4 is 23.9 Å². The van der Waals surface area contributed by atoms with E-state index in [2.05, 4.69) is 49.4 Å². The van der Waals surface area contributed by atoms with Gasteiger partial charge in [0.2, 0.25) is 0 Å². The third-order valence-corrected chi connectivity index (χ3v) is 13.6. The molecule has 414 valence electrons. The number of nitrogens with zero attached hydrogens (tertiary/aromatic N) is 3. The van der Waals surface area contributed by atoms with Crippen LogP contribution in [0.25, 0.3) is 0 Å². The van der Waals surface area contributed by atoms with E-state index in [0.29, 0.717) is 78.3 Å². The summed E-state index contributed by atoms with van der Waals surface area (Å²) in [5.74, 6) is -0.665. The van der Waals surface area contributed by atoms with Gasteiger partial charge in [-0.05, 0) is 71.8 Å². The van der Waals surface area contributed by atoms with Gasteiger partial charge in [0, 0.05) is 26.2 Å². The van der Waals surface area contributed by atoms with Gasteiger partial charge in [-0.25, -0.2) is 0 Å². The second kappa shape index (κ2) is 54.5. The third kappa shape index (κ3) is 50.7. The van der Waals surface area contributed by atoms with Crippen LogP contribution >= 0.6 is 0 Å². The van der Waals surface area contributed by atoms with Gasteiger partial charge in [-0.3, -0.25) is 19.2 Å². The van der Waals surface area contributed by atoms with Gasteiger partial charge >= 0.3 is 23.9 Å². The van der Waals surface area contributed by atoms with Gasteiger partial charge in [0.05, 0.1) is 52.1 Å². The first-order valence-electron chi connectivity index (χ1n) is 30.0. The molecule has 0 aromatic carbocycles. The van der Waals surface area contributed by atoms with Gasteiger partial charge in [0.1, 0.15) is 0 Å². The van der Waals surface area contributed by atoms with E-state index in [1.54, 1.807) is 0 Å². The maximum atomic E-state index is 12.7. The monoisotopic (exact) mass is 994 g/mol. The highest BCUT2D eigenvalue weighted by Gasteiger charge is 2.15. The minimum Gasteiger partial charge on any atom is -0.466 e. The lowest BCUT2D eigenvalue weighted by molar-refractivity contribution is -0.146. The van der Waals surface area contributed by atoms with Gasteiger partial charge in [0.25, 0.3) is 0 Å². The summed E-state index contributed by atoms with van der Waals surface area (Å²) in [5, 5.41) is 0. The zero-order chi connectivity index (χ0) is 51.2. The van der Waals surface area contributed by atoms with Crippen LogP contribution in [0.2, 0.25) is 0 Å². The highest BCUT2D eigenvalue weighted by atomic mass is 16.5. The molecule has 0 aromatic heterocycles. The second-order valence-electron chi connectivity index (χ2n) is 20.5. The van der Waals surface area contributed by atoms with E-state index >= 15 is 0 Å². The van der Waals surface area contributed by atoms with Gasteiger partial charge in [-0.2, -0.15) is 0 Å². The van der Waals surface area contributed by atoms with Crippen molar-refractivity contribution in [1.29, 1.82) is 0 Å². The standard InChI is InChI=1S/C59H115N3O8/c1-6-10-14-18-22-26-30-34-52-67-56(63)40-48-61(49-41-57(64)68-53-35-31-27-23-19-15-11-7-2)46-38-44-60(5)45-39-47-62(50-42-58(65)69-54-36-32-28-24-20-16-12-8-3)51-43-59(66)70-55-37-33-29-25-21-17-13-9-4/h6-55H2,1-5H3. The Kier molecular flexibility index (Phi) is 52.8. The average molecular weight is 995 g/mol. The predicted molar refractivity (Wildman–Crippen MR) is 292 cm³/mol. The zero-order valence-electron chi connectivity index (χ0n) is 47.0. The maximum Gasteiger partial charge on any atom is 0.307 e. The molecule has 0 aromatic rings. The number of esters is 4. The smallest absolute Gasteiger partial charge is 0.307 e. The van der Waals surface area contributed by atoms with Crippen molar-refractivity contribution in [1.82, 2.24) is 14.7 Å². The fourth-order valence-electron chi connectivity index (χ4n) is 8.89. The van der Waals surface area contributed by atoms with Crippen LogP contribution in [0, 0.1) is 0 Å². The molecule has 0 amide bonds. The quantitative estimate of drug-likeness (QED) is 0.0329. The molecule has 0 atom stereocenters. The molecule has 0 saturated carbocycles. The number of hydrogen-bond donors (Lipinski definition) is 0. The molecule has 0 rings (SSSR count). The van der Waals surface area contributed by atoms with Crippen molar-refractivity contribution in [2.75, 3.05) is 85.8 Å². The number of carbonyl (C=O) groups excluding carboxylic acids is 4. The van der Waals surface area contributed by atoms with E-state index in [1.165, 1.54) is 154 Å². The fourth-order valence-corrected chi connectivity index (χ4v) is 8.89. The van der Waals surface area contributed by atoms with E-state index in [-0.39, 0.29) is 23.9 Å². The predicted octanol–water partition coefficient (Wildman–Crippen LogP) is 14.6. The Morgan fingerprint density at radius 3 is 0.671 bits per heavy atom. The molecule has 0 unspecified atom stereocenters. The van der Waals surface area contributed by atoms with Crippen LogP contribution in [0.15, 0.2) is 0 Å². The van der Waals surface area contributed by atoms with Gasteiger partial charge in [0.15, 0.2) is 0 Å². The molecule has 0 aliphatic heterocycles. The lowest BCUT2D eigenvalue weighted by atomic mass is 10.1. The molecule has 0 aliphatic rings. The molecule has 0 saturated heterocycles. The summed E-state index contributed by atoms with van der Waals surface area (Å²) in [6.45, 7) is 16.4. The summed E-state index contributed by atoms with van der Waals surface area (Å²) in [6, 6.07) is 0. The van der Waals surface area contributed by atoms with E-state index in [0.717, 1.165) is 90.4 Å². The number of hydrogen-bond acceptors (Lipinski definition) is 11. The van der Waals surface area contributed by atoms with Crippen LogP contribution in [0.3, 0.4) is 0 Å². The van der Waals surface area contributed by atoms with Gasteiger partial charge in [-0.15, -0.1) is 0 Å². The molecule has 70 heavy (non-hydrogen) atoms. The minimum absolute atomic E-state index is 0.166. The molecule has 0 fully saturated rings. The van der Waals surface area contributed by atoms with Crippen molar-refractivity contribution in [2.24, 2.45) is 0 Å². The molecule has 11 nitrogen and oxygen atoms in total. The molecular formula is C59H115N3O8. The Bertz CT molecular complexity index is 996. The first-order chi connectivity index (χ1) is 34.2. The zero-order valence-corrected chi connectivity index (χ0v) is 47.0. The van der Waals surface area contributed by atoms with Crippen LogP contribution in [-0.2, 0) is 38.1 Å². The molecule has 0 N–H and O–H groups in total. The lowest BCUT2D eigenvalue weighted by Gasteiger charge is -2.25. The van der Waals surface area contributed by atoms with E-state index in [4.69, 9.17) is 18.9 Å². The Morgan fingerprint density at radius 1 is 0.257 bits per heavy atom. The van der Waals surface area contributed by atoms with E-state index in [1.807, 2.05) is 0 Å². The van der Waals surface area contributed by atoms with Crippen LogP contribution in [0.4, 0.5) is 0 Å². The van der Waals surface area contributed by atoms with Crippen molar-refractivity contribution < 1.29 is 38.1 Å². The molecule has 0 bridgehead atoms. The number of unbranched alkanes of at least 4 members (excludes halogenated alkanes) is 28. The molecular weight excluding hydrogens is 879 g/mol. The normalized spacial score (nSPS) is 11.5. The second-order valence-corrected chi connectivity index (χ2v) is 20.5. The summed E-state index contributed by atoms with van der Waals surface area (Å²) < 4.78 is 22.4. The first-order valence-corrected chi connectivity index (χ1v) is 30.0. The van der Waals surface area contributed by atoms with Crippen molar-refractivity contribution in [3.8, 4) is 0 Å². The Morgan fingerprint density at radius 2 is 0.457 bits per heavy atom. The van der Waals surface area contributed by atoms with Gasteiger partial charge in [-0.1, -0.05) is 207 Å². The maximum absolute atomic E-state index is 12.7. The van der Waals surface area contributed by atoms with Crippen molar-refractivity contribution in [3.05, 3.63) is 0 Å². The average Bonchev–Trinajstić information content (AvgIpc) is 3.35. The molecule has 0 radical (unpaired) electrons. The van der Waals surface area contributed by atoms with Crippen LogP contribution in [0.1, 0.15) is 272 Å². The van der Waals surface area contributed by atoms with Crippen molar-refractivity contribution in [3.63, 3.8) is 0 Å². The minimum atomic E-state index is -0.166. The Labute approximate surface area is 432 Å². The number of rotatable bonds is 56. The van der Waals surface area contributed by atoms with Crippen LogP contribution in [0.5, 0.6) is 0 Å². The first kappa shape index (κ1) is 67.8. The van der Waals surface area contributed by atoms with Crippen LogP contribution in [-0.4, -0.2) is 124 Å². The topological polar surface area (TPSA) is 115 Å². The summed E-state index contributed by atoms with van der Waals surface area (Å²) in [7, 11) is 2.13. The highest BCUT2D eigenvalue weighted by Crippen LogP contribution is 2.13. The van der Waals surface area contributed by atoms with E-state index in [9.17, 15) is 19.2 Å². The summed E-state index contributed by atoms with van der Waals surface area (Å²) in [4.78, 5) is 57.7. The van der Waals surface area contributed by atoms with Crippen molar-refractivity contribution in [2.45, 2.75) is 272 Å². The van der Waals surface area contributed by atoms with E-state index < -0.39 is 0 Å².